The van der Waals surface area contributed by atoms with Gasteiger partial charge >= 0.3 is 0 Å². The summed E-state index contributed by atoms with van der Waals surface area (Å²) in [6.45, 7) is 4.56. The lowest BCUT2D eigenvalue weighted by atomic mass is 10.1. The number of hydrogen-bond donors (Lipinski definition) is 2. The Labute approximate surface area is 130 Å². The molecule has 0 saturated carbocycles. The predicted octanol–water partition coefficient (Wildman–Crippen LogP) is 4.26. The van der Waals surface area contributed by atoms with Crippen molar-refractivity contribution >= 4 is 23.2 Å². The van der Waals surface area contributed by atoms with Crippen molar-refractivity contribution in [1.29, 1.82) is 0 Å². The molecule has 0 aliphatic carbocycles. The molecule has 0 bridgehead atoms. The third-order valence-electron chi connectivity index (χ3n) is 3.22. The molecule has 2 aromatic carbocycles. The van der Waals surface area contributed by atoms with Crippen LogP contribution in [0.15, 0.2) is 48.5 Å². The zero-order valence-corrected chi connectivity index (χ0v) is 12.9. The molecule has 0 aliphatic rings. The van der Waals surface area contributed by atoms with Crippen molar-refractivity contribution in [3.8, 4) is 0 Å². The zero-order valence-electron chi connectivity index (χ0n) is 12.2. The second-order valence-corrected chi connectivity index (χ2v) is 5.23. The highest BCUT2D eigenvalue weighted by Gasteiger charge is 2.10. The van der Waals surface area contributed by atoms with Gasteiger partial charge in [-0.15, -0.1) is 0 Å². The van der Waals surface area contributed by atoms with E-state index in [-0.39, 0.29) is 11.9 Å². The minimum atomic E-state index is -0.0634. The first-order chi connectivity index (χ1) is 10.1. The number of amides is 1. The summed E-state index contributed by atoms with van der Waals surface area (Å²) >= 11 is 6.20. The van der Waals surface area contributed by atoms with Crippen LogP contribution < -0.4 is 10.6 Å². The molecule has 0 spiro atoms. The van der Waals surface area contributed by atoms with Crippen molar-refractivity contribution in [2.24, 2.45) is 0 Å². The highest BCUT2D eigenvalue weighted by molar-refractivity contribution is 6.31. The van der Waals surface area contributed by atoms with Gasteiger partial charge in [-0.05, 0) is 43.7 Å². The largest absolute Gasteiger partial charge is 0.378 e. The first-order valence-corrected chi connectivity index (χ1v) is 7.39. The van der Waals surface area contributed by atoms with Gasteiger partial charge in [0, 0.05) is 28.9 Å². The number of benzene rings is 2. The van der Waals surface area contributed by atoms with Gasteiger partial charge < -0.3 is 10.6 Å². The van der Waals surface area contributed by atoms with E-state index < -0.39 is 0 Å². The van der Waals surface area contributed by atoms with Crippen LogP contribution >= 0.6 is 11.6 Å². The van der Waals surface area contributed by atoms with E-state index in [1.165, 1.54) is 0 Å². The molecule has 0 aromatic heterocycles. The number of nitrogens with one attached hydrogen (secondary N) is 2. The Morgan fingerprint density at radius 3 is 2.67 bits per heavy atom. The van der Waals surface area contributed by atoms with Gasteiger partial charge in [-0.1, -0.05) is 35.9 Å². The summed E-state index contributed by atoms with van der Waals surface area (Å²) in [5.74, 6) is -0.0634. The maximum absolute atomic E-state index is 11.8. The predicted molar refractivity (Wildman–Crippen MR) is 87.9 cm³/mol. The minimum Gasteiger partial charge on any atom is -0.378 e. The van der Waals surface area contributed by atoms with Crippen LogP contribution in [0.25, 0.3) is 0 Å². The molecule has 2 rings (SSSR count). The van der Waals surface area contributed by atoms with Crippen LogP contribution in [0, 0.1) is 0 Å². The van der Waals surface area contributed by atoms with Gasteiger partial charge in [0.25, 0.3) is 5.91 Å². The summed E-state index contributed by atoms with van der Waals surface area (Å²) in [7, 11) is 0. The summed E-state index contributed by atoms with van der Waals surface area (Å²) in [6, 6.07) is 15.3. The maximum atomic E-state index is 11.8. The Kier molecular flexibility index (Phi) is 5.23. The maximum Gasteiger partial charge on any atom is 0.251 e. The third kappa shape index (κ3) is 3.99. The average Bonchev–Trinajstić information content (AvgIpc) is 2.48. The molecule has 110 valence electrons. The van der Waals surface area contributed by atoms with Crippen LogP contribution in [0.1, 0.15) is 35.8 Å². The van der Waals surface area contributed by atoms with E-state index >= 15 is 0 Å². The fourth-order valence-electron chi connectivity index (χ4n) is 2.17. The lowest BCUT2D eigenvalue weighted by molar-refractivity contribution is 0.0956. The van der Waals surface area contributed by atoms with Crippen molar-refractivity contribution in [1.82, 2.24) is 5.32 Å². The highest BCUT2D eigenvalue weighted by Crippen LogP contribution is 2.25. The molecular formula is C17H19ClN2O. The molecule has 0 heterocycles. The Morgan fingerprint density at radius 1 is 1.19 bits per heavy atom. The molecule has 1 unspecified atom stereocenters. The summed E-state index contributed by atoms with van der Waals surface area (Å²) in [4.78, 5) is 11.8. The molecule has 2 N–H and O–H groups in total. The van der Waals surface area contributed by atoms with Crippen LogP contribution in [0.3, 0.4) is 0 Å². The molecule has 1 atom stereocenters. The van der Waals surface area contributed by atoms with Crippen molar-refractivity contribution in [2.45, 2.75) is 19.9 Å². The lowest BCUT2D eigenvalue weighted by Crippen LogP contribution is -2.22. The first-order valence-electron chi connectivity index (χ1n) is 7.01. The molecule has 0 aliphatic heterocycles. The normalized spacial score (nSPS) is 11.8. The van der Waals surface area contributed by atoms with E-state index in [9.17, 15) is 4.79 Å². The van der Waals surface area contributed by atoms with Gasteiger partial charge in [-0.3, -0.25) is 4.79 Å². The molecular weight excluding hydrogens is 284 g/mol. The SMILES string of the molecule is CCNC(=O)c1cccc(NC(C)c2ccccc2Cl)c1. The standard InChI is InChI=1S/C17H19ClN2O/c1-3-19-17(21)13-7-6-8-14(11-13)20-12(2)15-9-4-5-10-16(15)18/h4-12,20H,3H2,1-2H3,(H,19,21). The van der Waals surface area contributed by atoms with Gasteiger partial charge in [-0.25, -0.2) is 0 Å². The van der Waals surface area contributed by atoms with E-state index in [4.69, 9.17) is 11.6 Å². The zero-order chi connectivity index (χ0) is 15.2. The van der Waals surface area contributed by atoms with E-state index in [1.54, 1.807) is 6.07 Å². The molecule has 0 radical (unpaired) electrons. The average molecular weight is 303 g/mol. The van der Waals surface area contributed by atoms with Crippen molar-refractivity contribution in [3.63, 3.8) is 0 Å². The fraction of sp³-hybridized carbons (Fsp3) is 0.235. The van der Waals surface area contributed by atoms with E-state index in [0.717, 1.165) is 16.3 Å². The number of rotatable bonds is 5. The monoisotopic (exact) mass is 302 g/mol. The molecule has 3 nitrogen and oxygen atoms in total. The van der Waals surface area contributed by atoms with Gasteiger partial charge in [-0.2, -0.15) is 0 Å². The summed E-state index contributed by atoms with van der Waals surface area (Å²) in [6.07, 6.45) is 0. The molecule has 0 fully saturated rings. The van der Waals surface area contributed by atoms with Crippen LogP contribution in [0.4, 0.5) is 5.69 Å². The Morgan fingerprint density at radius 2 is 1.95 bits per heavy atom. The second-order valence-electron chi connectivity index (χ2n) is 4.83. The number of carbonyl (C=O) groups is 1. The minimum absolute atomic E-state index is 0.0585. The fourth-order valence-corrected chi connectivity index (χ4v) is 2.47. The van der Waals surface area contributed by atoms with Crippen molar-refractivity contribution in [3.05, 3.63) is 64.7 Å². The van der Waals surface area contributed by atoms with E-state index in [2.05, 4.69) is 10.6 Å². The van der Waals surface area contributed by atoms with Crippen LogP contribution in [-0.2, 0) is 0 Å². The second kappa shape index (κ2) is 7.14. The molecule has 0 saturated heterocycles. The quantitative estimate of drug-likeness (QED) is 0.866. The summed E-state index contributed by atoms with van der Waals surface area (Å²) < 4.78 is 0. The van der Waals surface area contributed by atoms with Crippen LogP contribution in [0.5, 0.6) is 0 Å². The van der Waals surface area contributed by atoms with Gasteiger partial charge in [0.15, 0.2) is 0 Å². The van der Waals surface area contributed by atoms with Gasteiger partial charge in [0.1, 0.15) is 0 Å². The Bertz CT molecular complexity index is 628. The Balaban J connectivity index is 2.15. The molecule has 4 heteroatoms. The van der Waals surface area contributed by atoms with Gasteiger partial charge in [0.2, 0.25) is 0 Å². The van der Waals surface area contributed by atoms with Crippen molar-refractivity contribution in [2.75, 3.05) is 11.9 Å². The number of hydrogen-bond acceptors (Lipinski definition) is 2. The smallest absolute Gasteiger partial charge is 0.251 e. The van der Waals surface area contributed by atoms with E-state index in [1.807, 2.05) is 56.3 Å². The van der Waals surface area contributed by atoms with Crippen LogP contribution in [0.2, 0.25) is 5.02 Å². The number of anilines is 1. The molecule has 1 amide bonds. The summed E-state index contributed by atoms with van der Waals surface area (Å²) in [5, 5.41) is 6.90. The first kappa shape index (κ1) is 15.4. The number of halogens is 1. The van der Waals surface area contributed by atoms with E-state index in [0.29, 0.717) is 12.1 Å². The molecule has 21 heavy (non-hydrogen) atoms. The lowest BCUT2D eigenvalue weighted by Gasteiger charge is -2.17. The highest BCUT2D eigenvalue weighted by atomic mass is 35.5. The van der Waals surface area contributed by atoms with Crippen LogP contribution in [-0.4, -0.2) is 12.5 Å². The topological polar surface area (TPSA) is 41.1 Å². The summed E-state index contributed by atoms with van der Waals surface area (Å²) in [5.41, 5.74) is 2.57. The van der Waals surface area contributed by atoms with Crippen molar-refractivity contribution < 1.29 is 4.79 Å². The number of carbonyl (C=O) groups excluding carboxylic acids is 1. The molecule has 2 aromatic rings. The van der Waals surface area contributed by atoms with Gasteiger partial charge in [0.05, 0.1) is 0 Å². The Hall–Kier alpha value is -2.00. The third-order valence-corrected chi connectivity index (χ3v) is 3.56.